The molecule has 1 aliphatic rings. The van der Waals surface area contributed by atoms with Crippen LogP contribution in [0.4, 0.5) is 5.95 Å². The fraction of sp³-hybridized carbons (Fsp3) is 0.667. The Hall–Kier alpha value is -0.830. The highest BCUT2D eigenvalue weighted by molar-refractivity contribution is 6.30. The van der Waals surface area contributed by atoms with Crippen molar-refractivity contribution in [3.8, 4) is 0 Å². The second-order valence-corrected chi connectivity index (χ2v) is 5.59. The molecular weight excluding hydrogens is 222 g/mol. The number of nitrogens with zero attached hydrogens (tertiary/aromatic N) is 2. The van der Waals surface area contributed by atoms with Crippen LogP contribution >= 0.6 is 11.6 Å². The Morgan fingerprint density at radius 3 is 2.62 bits per heavy atom. The minimum absolute atomic E-state index is 0.321. The Morgan fingerprint density at radius 1 is 1.31 bits per heavy atom. The summed E-state index contributed by atoms with van der Waals surface area (Å²) in [6, 6.07) is 0.461. The topological polar surface area (TPSA) is 37.8 Å². The molecule has 1 N–H and O–H groups in total. The van der Waals surface area contributed by atoms with E-state index in [0.717, 1.165) is 0 Å². The van der Waals surface area contributed by atoms with E-state index in [9.17, 15) is 0 Å². The Balaban J connectivity index is 2.05. The van der Waals surface area contributed by atoms with Crippen LogP contribution in [0.15, 0.2) is 12.4 Å². The molecule has 0 amide bonds. The summed E-state index contributed by atoms with van der Waals surface area (Å²) in [6.45, 7) is 4.61. The SMILES string of the molecule is CC1(C)CCCCC1Nc1ncc(Cl)cn1. The number of halogens is 1. The van der Waals surface area contributed by atoms with Gasteiger partial charge in [0.05, 0.1) is 17.4 Å². The molecule has 1 unspecified atom stereocenters. The summed E-state index contributed by atoms with van der Waals surface area (Å²) in [6.07, 6.45) is 8.33. The monoisotopic (exact) mass is 239 g/mol. The van der Waals surface area contributed by atoms with Crippen LogP contribution in [0.25, 0.3) is 0 Å². The predicted octanol–water partition coefficient (Wildman–Crippen LogP) is 3.51. The van der Waals surface area contributed by atoms with Crippen molar-refractivity contribution >= 4 is 17.5 Å². The van der Waals surface area contributed by atoms with Gasteiger partial charge in [-0.1, -0.05) is 38.3 Å². The fourth-order valence-electron chi connectivity index (χ4n) is 2.30. The van der Waals surface area contributed by atoms with Crippen molar-refractivity contribution in [2.24, 2.45) is 5.41 Å². The predicted molar refractivity (Wildman–Crippen MR) is 66.7 cm³/mol. The average Bonchev–Trinajstić information content (AvgIpc) is 2.24. The molecule has 3 nitrogen and oxygen atoms in total. The molecule has 0 aromatic carbocycles. The number of nitrogens with one attached hydrogen (secondary N) is 1. The highest BCUT2D eigenvalue weighted by Crippen LogP contribution is 2.36. The molecule has 1 aliphatic carbocycles. The van der Waals surface area contributed by atoms with E-state index in [-0.39, 0.29) is 0 Å². The summed E-state index contributed by atoms with van der Waals surface area (Å²) >= 11 is 5.76. The maximum atomic E-state index is 5.76. The van der Waals surface area contributed by atoms with E-state index >= 15 is 0 Å². The Morgan fingerprint density at radius 2 is 2.00 bits per heavy atom. The first-order valence-electron chi connectivity index (χ1n) is 5.82. The molecule has 0 aliphatic heterocycles. The quantitative estimate of drug-likeness (QED) is 0.858. The number of rotatable bonds is 2. The summed E-state index contributed by atoms with van der Waals surface area (Å²) in [5.41, 5.74) is 0.321. The molecular formula is C12H18ClN3. The van der Waals surface area contributed by atoms with Gasteiger partial charge in [0.15, 0.2) is 0 Å². The van der Waals surface area contributed by atoms with Crippen LogP contribution in [-0.2, 0) is 0 Å². The van der Waals surface area contributed by atoms with Crippen LogP contribution in [0.5, 0.6) is 0 Å². The number of hydrogen-bond donors (Lipinski definition) is 1. The van der Waals surface area contributed by atoms with E-state index in [1.165, 1.54) is 25.7 Å². The van der Waals surface area contributed by atoms with Gasteiger partial charge in [-0.05, 0) is 18.3 Å². The second-order valence-electron chi connectivity index (χ2n) is 5.16. The van der Waals surface area contributed by atoms with E-state index < -0.39 is 0 Å². The van der Waals surface area contributed by atoms with Crippen molar-refractivity contribution in [3.05, 3.63) is 17.4 Å². The summed E-state index contributed by atoms with van der Waals surface area (Å²) in [4.78, 5) is 8.37. The summed E-state index contributed by atoms with van der Waals surface area (Å²) in [5, 5.41) is 3.99. The molecule has 1 atom stereocenters. The van der Waals surface area contributed by atoms with Gasteiger partial charge in [0.2, 0.25) is 5.95 Å². The molecule has 1 fully saturated rings. The summed E-state index contributed by atoms with van der Waals surface area (Å²) in [7, 11) is 0. The van der Waals surface area contributed by atoms with Crippen LogP contribution in [-0.4, -0.2) is 16.0 Å². The maximum absolute atomic E-state index is 5.76. The Bertz CT molecular complexity index is 348. The summed E-state index contributed by atoms with van der Waals surface area (Å²) in [5.74, 6) is 0.685. The van der Waals surface area contributed by atoms with Gasteiger partial charge < -0.3 is 5.32 Å². The largest absolute Gasteiger partial charge is 0.351 e. The van der Waals surface area contributed by atoms with Crippen LogP contribution < -0.4 is 5.32 Å². The highest BCUT2D eigenvalue weighted by Gasteiger charge is 2.32. The molecule has 0 saturated heterocycles. The minimum Gasteiger partial charge on any atom is -0.351 e. The van der Waals surface area contributed by atoms with Crippen molar-refractivity contribution in [1.29, 1.82) is 0 Å². The van der Waals surface area contributed by atoms with Crippen LogP contribution in [0, 0.1) is 5.41 Å². The third-order valence-electron chi connectivity index (χ3n) is 3.43. The standard InChI is InChI=1S/C12H18ClN3/c1-12(2)6-4-3-5-10(12)16-11-14-7-9(13)8-15-11/h7-8,10H,3-6H2,1-2H3,(H,14,15,16). The number of hydrogen-bond acceptors (Lipinski definition) is 3. The Kier molecular flexibility index (Phi) is 3.33. The normalized spacial score (nSPS) is 24.1. The molecule has 0 spiro atoms. The fourth-order valence-corrected chi connectivity index (χ4v) is 2.40. The number of aromatic nitrogens is 2. The lowest BCUT2D eigenvalue weighted by Gasteiger charge is -2.39. The van der Waals surface area contributed by atoms with Gasteiger partial charge in [-0.3, -0.25) is 0 Å². The lowest BCUT2D eigenvalue weighted by molar-refractivity contribution is 0.216. The van der Waals surface area contributed by atoms with E-state index in [0.29, 0.717) is 22.4 Å². The zero-order valence-electron chi connectivity index (χ0n) is 9.83. The first-order chi connectivity index (χ1) is 7.58. The lowest BCUT2D eigenvalue weighted by atomic mass is 9.73. The molecule has 1 aromatic rings. The van der Waals surface area contributed by atoms with Gasteiger partial charge in [-0.2, -0.15) is 0 Å². The molecule has 0 radical (unpaired) electrons. The molecule has 4 heteroatoms. The third-order valence-corrected chi connectivity index (χ3v) is 3.63. The van der Waals surface area contributed by atoms with Crippen LogP contribution in [0.3, 0.4) is 0 Å². The van der Waals surface area contributed by atoms with Crippen molar-refractivity contribution < 1.29 is 0 Å². The van der Waals surface area contributed by atoms with Crippen molar-refractivity contribution in [2.45, 2.75) is 45.6 Å². The van der Waals surface area contributed by atoms with Crippen LogP contribution in [0.2, 0.25) is 5.02 Å². The first kappa shape index (κ1) is 11.6. The van der Waals surface area contributed by atoms with Gasteiger partial charge in [0.1, 0.15) is 0 Å². The van der Waals surface area contributed by atoms with Gasteiger partial charge in [-0.15, -0.1) is 0 Å². The lowest BCUT2D eigenvalue weighted by Crippen LogP contribution is -2.39. The third kappa shape index (κ3) is 2.64. The van der Waals surface area contributed by atoms with E-state index in [4.69, 9.17) is 11.6 Å². The summed E-state index contributed by atoms with van der Waals surface area (Å²) < 4.78 is 0. The Labute approximate surface area is 102 Å². The second kappa shape index (κ2) is 4.58. The first-order valence-corrected chi connectivity index (χ1v) is 6.20. The zero-order chi connectivity index (χ0) is 11.6. The van der Waals surface area contributed by atoms with Crippen molar-refractivity contribution in [1.82, 2.24) is 9.97 Å². The van der Waals surface area contributed by atoms with Gasteiger partial charge in [0, 0.05) is 6.04 Å². The molecule has 2 rings (SSSR count). The molecule has 88 valence electrons. The molecule has 0 bridgehead atoms. The smallest absolute Gasteiger partial charge is 0.222 e. The number of anilines is 1. The maximum Gasteiger partial charge on any atom is 0.222 e. The van der Waals surface area contributed by atoms with Gasteiger partial charge in [0.25, 0.3) is 0 Å². The van der Waals surface area contributed by atoms with E-state index in [1.54, 1.807) is 12.4 Å². The molecule has 16 heavy (non-hydrogen) atoms. The molecule has 1 aromatic heterocycles. The average molecular weight is 240 g/mol. The zero-order valence-corrected chi connectivity index (χ0v) is 10.6. The van der Waals surface area contributed by atoms with Gasteiger partial charge >= 0.3 is 0 Å². The minimum atomic E-state index is 0.321. The van der Waals surface area contributed by atoms with E-state index in [1.807, 2.05) is 0 Å². The highest BCUT2D eigenvalue weighted by atomic mass is 35.5. The van der Waals surface area contributed by atoms with Crippen LogP contribution in [0.1, 0.15) is 39.5 Å². The van der Waals surface area contributed by atoms with Crippen molar-refractivity contribution in [2.75, 3.05) is 5.32 Å². The van der Waals surface area contributed by atoms with Crippen molar-refractivity contribution in [3.63, 3.8) is 0 Å². The molecule has 1 heterocycles. The van der Waals surface area contributed by atoms with Gasteiger partial charge in [-0.25, -0.2) is 9.97 Å². The van der Waals surface area contributed by atoms with E-state index in [2.05, 4.69) is 29.1 Å². The molecule has 1 saturated carbocycles.